The minimum absolute atomic E-state index is 0.156. The van der Waals surface area contributed by atoms with E-state index in [4.69, 9.17) is 4.74 Å². The molecular weight excluding hydrogens is 352 g/mol. The van der Waals surface area contributed by atoms with E-state index in [1.165, 1.54) is 26.1 Å². The summed E-state index contributed by atoms with van der Waals surface area (Å²) < 4.78 is 5.12. The summed E-state index contributed by atoms with van der Waals surface area (Å²) >= 11 is 0. The fourth-order valence-electron chi connectivity index (χ4n) is 2.92. The summed E-state index contributed by atoms with van der Waals surface area (Å²) in [4.78, 5) is 51.2. The Balaban J connectivity index is 2.21. The molecule has 1 atom stereocenters. The number of carbonyl (C=O) groups excluding carboxylic acids is 4. The number of benzene rings is 1. The number of ether oxygens (including phenoxy) is 1. The fourth-order valence-corrected chi connectivity index (χ4v) is 2.92. The first-order valence-electron chi connectivity index (χ1n) is 8.52. The Hall–Kier alpha value is -3.10. The van der Waals surface area contributed by atoms with Crippen LogP contribution in [0.3, 0.4) is 0 Å². The van der Waals surface area contributed by atoms with Crippen molar-refractivity contribution in [3.63, 3.8) is 0 Å². The minimum Gasteiger partial charge on any atom is -0.497 e. The Morgan fingerprint density at radius 2 is 1.89 bits per heavy atom. The van der Waals surface area contributed by atoms with Crippen LogP contribution in [0.15, 0.2) is 24.3 Å². The van der Waals surface area contributed by atoms with Crippen molar-refractivity contribution >= 4 is 23.8 Å². The number of imide groups is 1. The third kappa shape index (κ3) is 3.86. The van der Waals surface area contributed by atoms with E-state index in [0.717, 1.165) is 4.90 Å². The zero-order chi connectivity index (χ0) is 20.2. The molecule has 1 saturated heterocycles. The molecule has 1 aliphatic heterocycles. The van der Waals surface area contributed by atoms with Crippen LogP contribution in [0.25, 0.3) is 0 Å². The Labute approximate surface area is 157 Å². The number of amides is 5. The van der Waals surface area contributed by atoms with Crippen molar-refractivity contribution in [2.75, 3.05) is 34.3 Å². The van der Waals surface area contributed by atoms with Gasteiger partial charge in [0.05, 0.1) is 13.7 Å². The summed E-state index contributed by atoms with van der Waals surface area (Å²) in [6, 6.07) is 6.20. The van der Waals surface area contributed by atoms with Gasteiger partial charge in [0.2, 0.25) is 11.8 Å². The molecule has 146 valence electrons. The highest BCUT2D eigenvalue weighted by Crippen LogP contribution is 2.33. The van der Waals surface area contributed by atoms with Crippen molar-refractivity contribution in [1.82, 2.24) is 20.4 Å². The Morgan fingerprint density at radius 1 is 1.26 bits per heavy atom. The molecule has 1 aliphatic rings. The average molecular weight is 376 g/mol. The smallest absolute Gasteiger partial charge is 0.325 e. The summed E-state index contributed by atoms with van der Waals surface area (Å²) in [7, 11) is 4.44. The summed E-state index contributed by atoms with van der Waals surface area (Å²) in [5, 5.41) is 5.13. The SMILES string of the molecule is CC[C@]1(c2ccc(OC)cc2)NC(=O)N(CC(=O)N(C)CC(=O)NC)C1=O. The summed E-state index contributed by atoms with van der Waals surface area (Å²) in [6.07, 6.45) is 0.322. The van der Waals surface area contributed by atoms with Crippen LogP contribution in [0, 0.1) is 0 Å². The number of nitrogens with one attached hydrogen (secondary N) is 2. The zero-order valence-corrected chi connectivity index (χ0v) is 15.9. The highest BCUT2D eigenvalue weighted by molar-refractivity contribution is 6.09. The average Bonchev–Trinajstić information content (AvgIpc) is 2.92. The molecule has 5 amide bonds. The van der Waals surface area contributed by atoms with Crippen molar-refractivity contribution < 1.29 is 23.9 Å². The highest BCUT2D eigenvalue weighted by atomic mass is 16.5. The van der Waals surface area contributed by atoms with Crippen LogP contribution >= 0.6 is 0 Å². The lowest BCUT2D eigenvalue weighted by Gasteiger charge is -2.26. The van der Waals surface area contributed by atoms with Crippen LogP contribution in [0.4, 0.5) is 4.79 Å². The van der Waals surface area contributed by atoms with Gasteiger partial charge in [0, 0.05) is 14.1 Å². The molecule has 0 saturated carbocycles. The Bertz CT molecular complexity index is 749. The molecule has 1 fully saturated rings. The van der Waals surface area contributed by atoms with Gasteiger partial charge in [-0.3, -0.25) is 19.3 Å². The first-order valence-corrected chi connectivity index (χ1v) is 8.52. The molecule has 2 N–H and O–H groups in total. The van der Waals surface area contributed by atoms with Crippen LogP contribution in [0.2, 0.25) is 0 Å². The monoisotopic (exact) mass is 376 g/mol. The van der Waals surface area contributed by atoms with Crippen molar-refractivity contribution in [1.29, 1.82) is 0 Å². The Kier molecular flexibility index (Phi) is 6.04. The fraction of sp³-hybridized carbons (Fsp3) is 0.444. The first-order chi connectivity index (χ1) is 12.8. The van der Waals surface area contributed by atoms with Gasteiger partial charge in [-0.15, -0.1) is 0 Å². The molecule has 0 aromatic heterocycles. The molecule has 2 rings (SSSR count). The normalized spacial score (nSPS) is 18.9. The second-order valence-electron chi connectivity index (χ2n) is 6.23. The summed E-state index contributed by atoms with van der Waals surface area (Å²) in [5.74, 6) is -0.723. The molecule has 1 aromatic rings. The van der Waals surface area contributed by atoms with E-state index >= 15 is 0 Å². The van der Waals surface area contributed by atoms with Crippen LogP contribution in [-0.2, 0) is 19.9 Å². The van der Waals surface area contributed by atoms with Crippen LogP contribution in [0.5, 0.6) is 5.75 Å². The number of likely N-dealkylation sites (N-methyl/N-ethyl adjacent to an activating group) is 2. The highest BCUT2D eigenvalue weighted by Gasteiger charge is 2.51. The van der Waals surface area contributed by atoms with E-state index in [1.54, 1.807) is 31.2 Å². The van der Waals surface area contributed by atoms with E-state index in [9.17, 15) is 19.2 Å². The molecule has 1 heterocycles. The second-order valence-corrected chi connectivity index (χ2v) is 6.23. The topological polar surface area (TPSA) is 108 Å². The number of hydrogen-bond donors (Lipinski definition) is 2. The number of nitrogens with zero attached hydrogens (tertiary/aromatic N) is 2. The number of hydrogen-bond acceptors (Lipinski definition) is 5. The van der Waals surface area contributed by atoms with E-state index in [-0.39, 0.29) is 12.5 Å². The van der Waals surface area contributed by atoms with E-state index < -0.39 is 29.9 Å². The van der Waals surface area contributed by atoms with Gasteiger partial charge < -0.3 is 20.3 Å². The van der Waals surface area contributed by atoms with Gasteiger partial charge in [0.15, 0.2) is 0 Å². The first kappa shape index (κ1) is 20.2. The Morgan fingerprint density at radius 3 is 2.41 bits per heavy atom. The maximum Gasteiger partial charge on any atom is 0.325 e. The van der Waals surface area contributed by atoms with Crippen LogP contribution < -0.4 is 15.4 Å². The van der Waals surface area contributed by atoms with Gasteiger partial charge in [0.1, 0.15) is 17.8 Å². The lowest BCUT2D eigenvalue weighted by molar-refractivity contribution is -0.139. The van der Waals surface area contributed by atoms with E-state index in [2.05, 4.69) is 10.6 Å². The maximum absolute atomic E-state index is 13.0. The van der Waals surface area contributed by atoms with Crippen LogP contribution in [-0.4, -0.2) is 67.8 Å². The number of methoxy groups -OCH3 is 1. The van der Waals surface area contributed by atoms with Crippen molar-refractivity contribution in [2.24, 2.45) is 0 Å². The van der Waals surface area contributed by atoms with Gasteiger partial charge in [-0.25, -0.2) is 4.79 Å². The van der Waals surface area contributed by atoms with E-state index in [0.29, 0.717) is 17.7 Å². The molecule has 27 heavy (non-hydrogen) atoms. The van der Waals surface area contributed by atoms with Crippen molar-refractivity contribution in [3.05, 3.63) is 29.8 Å². The summed E-state index contributed by atoms with van der Waals surface area (Å²) in [5.41, 5.74) is -0.624. The van der Waals surface area contributed by atoms with Crippen molar-refractivity contribution in [2.45, 2.75) is 18.9 Å². The molecule has 0 bridgehead atoms. The molecule has 9 heteroatoms. The van der Waals surface area contributed by atoms with Gasteiger partial charge in [-0.2, -0.15) is 0 Å². The summed E-state index contributed by atoms with van der Waals surface area (Å²) in [6.45, 7) is 1.19. The van der Waals surface area contributed by atoms with Crippen molar-refractivity contribution in [3.8, 4) is 5.75 Å². The lowest BCUT2D eigenvalue weighted by atomic mass is 9.87. The second kappa shape index (κ2) is 8.07. The molecule has 0 aliphatic carbocycles. The molecular formula is C18H24N4O5. The largest absolute Gasteiger partial charge is 0.497 e. The van der Waals surface area contributed by atoms with Gasteiger partial charge in [-0.1, -0.05) is 19.1 Å². The number of urea groups is 1. The predicted octanol–water partition coefficient (Wildman–Crippen LogP) is 0.0567. The minimum atomic E-state index is -1.23. The third-order valence-corrected chi connectivity index (χ3v) is 4.67. The van der Waals surface area contributed by atoms with Gasteiger partial charge >= 0.3 is 6.03 Å². The van der Waals surface area contributed by atoms with Gasteiger partial charge in [0.25, 0.3) is 5.91 Å². The van der Waals surface area contributed by atoms with Gasteiger partial charge in [-0.05, 0) is 24.1 Å². The molecule has 1 aromatic carbocycles. The third-order valence-electron chi connectivity index (χ3n) is 4.67. The number of carbonyl (C=O) groups is 4. The molecule has 0 unspecified atom stereocenters. The molecule has 0 spiro atoms. The zero-order valence-electron chi connectivity index (χ0n) is 15.9. The van der Waals surface area contributed by atoms with E-state index in [1.807, 2.05) is 0 Å². The standard InChI is InChI=1S/C18H24N4O5/c1-5-18(12-6-8-13(27-4)9-7-12)16(25)22(17(26)20-18)11-15(24)21(3)10-14(23)19-2/h6-9H,5,10-11H2,1-4H3,(H,19,23)(H,20,26)/t18-/m1/s1. The molecule has 9 nitrogen and oxygen atoms in total. The maximum atomic E-state index is 13.0. The lowest BCUT2D eigenvalue weighted by Crippen LogP contribution is -2.46. The number of rotatable bonds is 7. The van der Waals surface area contributed by atoms with Crippen LogP contribution in [0.1, 0.15) is 18.9 Å². The predicted molar refractivity (Wildman–Crippen MR) is 96.9 cm³/mol. The molecule has 0 radical (unpaired) electrons. The quantitative estimate of drug-likeness (QED) is 0.654.